The van der Waals surface area contributed by atoms with E-state index < -0.39 is 23.8 Å². The molecule has 0 aromatic heterocycles. The van der Waals surface area contributed by atoms with Crippen molar-refractivity contribution in [3.8, 4) is 0 Å². The standard InChI is InChI=1S/C29H43FO6/c1-7-17(3)27(32)36-24-14-20(30)13-19-10-9-18(4)23(26(19)24)12-11-21-15-22(16-25(31)34-21)35-28(33)29(5,6)8-2/h9-10,13,17-18,20-24,26H,7-8,11-12,14-16H2,1-6H3/t17-,18-,20-,21?,22+,23-,24-,26?/m0/s1. The summed E-state index contributed by atoms with van der Waals surface area (Å²) >= 11 is 0. The molecular formula is C29H43FO6. The molecule has 7 heteroatoms. The molecule has 36 heavy (non-hydrogen) atoms. The van der Waals surface area contributed by atoms with Gasteiger partial charge in [-0.25, -0.2) is 4.39 Å². The number of carbonyl (C=O) groups excluding carboxylic acids is 3. The van der Waals surface area contributed by atoms with Crippen molar-refractivity contribution in [1.82, 2.24) is 0 Å². The Kier molecular flexibility index (Phi) is 9.39. The first-order valence-corrected chi connectivity index (χ1v) is 13.6. The van der Waals surface area contributed by atoms with Crippen LogP contribution < -0.4 is 0 Å². The third-order valence-corrected chi connectivity index (χ3v) is 8.38. The lowest BCUT2D eigenvalue weighted by Crippen LogP contribution is -2.43. The zero-order chi connectivity index (χ0) is 26.6. The van der Waals surface area contributed by atoms with Crippen LogP contribution in [0.3, 0.4) is 0 Å². The van der Waals surface area contributed by atoms with E-state index in [1.165, 1.54) is 0 Å². The maximum atomic E-state index is 14.5. The van der Waals surface area contributed by atoms with Crippen molar-refractivity contribution in [2.75, 3.05) is 0 Å². The molecule has 0 spiro atoms. The van der Waals surface area contributed by atoms with Gasteiger partial charge in [0.15, 0.2) is 0 Å². The zero-order valence-electron chi connectivity index (χ0n) is 22.6. The minimum Gasteiger partial charge on any atom is -0.462 e. The molecular weight excluding hydrogens is 463 g/mol. The lowest BCUT2D eigenvalue weighted by Gasteiger charge is -2.43. The van der Waals surface area contributed by atoms with Gasteiger partial charge in [0.2, 0.25) is 0 Å². The Labute approximate surface area is 215 Å². The predicted molar refractivity (Wildman–Crippen MR) is 135 cm³/mol. The smallest absolute Gasteiger partial charge is 0.311 e. The number of hydrogen-bond acceptors (Lipinski definition) is 6. The average Bonchev–Trinajstić information content (AvgIpc) is 2.82. The molecule has 6 nitrogen and oxygen atoms in total. The van der Waals surface area contributed by atoms with Crippen LogP contribution in [0, 0.1) is 29.1 Å². The second-order valence-corrected chi connectivity index (χ2v) is 11.5. The van der Waals surface area contributed by atoms with Gasteiger partial charge in [-0.15, -0.1) is 0 Å². The number of rotatable bonds is 9. The van der Waals surface area contributed by atoms with Crippen LogP contribution in [0.25, 0.3) is 0 Å². The van der Waals surface area contributed by atoms with Crippen molar-refractivity contribution in [2.24, 2.45) is 29.1 Å². The molecule has 3 rings (SSSR count). The second kappa shape index (κ2) is 11.9. The van der Waals surface area contributed by atoms with Gasteiger partial charge in [-0.2, -0.15) is 0 Å². The Bertz CT molecular complexity index is 877. The van der Waals surface area contributed by atoms with E-state index in [0.717, 1.165) is 12.0 Å². The Hall–Kier alpha value is -2.18. The molecule has 0 aromatic carbocycles. The van der Waals surface area contributed by atoms with Gasteiger partial charge in [-0.05, 0) is 63.0 Å². The maximum Gasteiger partial charge on any atom is 0.311 e. The molecule has 0 amide bonds. The van der Waals surface area contributed by atoms with Crippen LogP contribution in [0.15, 0.2) is 23.8 Å². The van der Waals surface area contributed by atoms with Crippen molar-refractivity contribution in [2.45, 2.75) is 111 Å². The largest absolute Gasteiger partial charge is 0.462 e. The van der Waals surface area contributed by atoms with E-state index in [0.29, 0.717) is 25.7 Å². The van der Waals surface area contributed by atoms with Crippen molar-refractivity contribution < 1.29 is 33.0 Å². The van der Waals surface area contributed by atoms with Crippen LogP contribution in [-0.2, 0) is 28.6 Å². The summed E-state index contributed by atoms with van der Waals surface area (Å²) in [6.45, 7) is 11.5. The summed E-state index contributed by atoms with van der Waals surface area (Å²) in [7, 11) is 0. The summed E-state index contributed by atoms with van der Waals surface area (Å²) in [6.07, 6.45) is 6.57. The van der Waals surface area contributed by atoms with Crippen LogP contribution in [0.5, 0.6) is 0 Å². The lowest BCUT2D eigenvalue weighted by molar-refractivity contribution is -0.175. The van der Waals surface area contributed by atoms with Gasteiger partial charge in [0.1, 0.15) is 24.5 Å². The summed E-state index contributed by atoms with van der Waals surface area (Å²) in [5.41, 5.74) is 0.286. The number of fused-ring (bicyclic) bond motifs is 1. The number of cyclic esters (lactones) is 1. The molecule has 0 saturated carbocycles. The second-order valence-electron chi connectivity index (χ2n) is 11.5. The van der Waals surface area contributed by atoms with Gasteiger partial charge >= 0.3 is 17.9 Å². The number of ether oxygens (including phenoxy) is 3. The lowest BCUT2D eigenvalue weighted by atomic mass is 9.66. The normalized spacial score (nSPS) is 33.1. The molecule has 0 N–H and O–H groups in total. The molecule has 8 atom stereocenters. The number of allylic oxidation sites excluding steroid dienone is 3. The zero-order valence-corrected chi connectivity index (χ0v) is 22.6. The molecule has 1 heterocycles. The maximum absolute atomic E-state index is 14.5. The highest BCUT2D eigenvalue weighted by atomic mass is 19.1. The third-order valence-electron chi connectivity index (χ3n) is 8.38. The molecule has 2 aliphatic carbocycles. The van der Waals surface area contributed by atoms with E-state index in [9.17, 15) is 18.8 Å². The van der Waals surface area contributed by atoms with E-state index in [4.69, 9.17) is 14.2 Å². The van der Waals surface area contributed by atoms with Crippen LogP contribution in [-0.4, -0.2) is 42.4 Å². The van der Waals surface area contributed by atoms with Gasteiger partial charge in [-0.1, -0.05) is 39.8 Å². The minimum atomic E-state index is -1.15. The fourth-order valence-electron chi connectivity index (χ4n) is 5.33. The molecule has 1 fully saturated rings. The van der Waals surface area contributed by atoms with Gasteiger partial charge in [-0.3, -0.25) is 14.4 Å². The minimum absolute atomic E-state index is 0.0750. The monoisotopic (exact) mass is 506 g/mol. The number of hydrogen-bond donors (Lipinski definition) is 0. The number of alkyl halides is 1. The highest BCUT2D eigenvalue weighted by Crippen LogP contribution is 2.45. The summed E-state index contributed by atoms with van der Waals surface area (Å²) in [4.78, 5) is 37.4. The Morgan fingerprint density at radius 1 is 1.19 bits per heavy atom. The molecule has 202 valence electrons. The fraction of sp³-hybridized carbons (Fsp3) is 0.759. The predicted octanol–water partition coefficient (Wildman–Crippen LogP) is 5.88. The Balaban J connectivity index is 1.69. The highest BCUT2D eigenvalue weighted by Gasteiger charge is 2.43. The summed E-state index contributed by atoms with van der Waals surface area (Å²) in [5.74, 6) is -0.935. The van der Waals surface area contributed by atoms with E-state index in [2.05, 4.69) is 13.0 Å². The quantitative estimate of drug-likeness (QED) is 0.287. The number of halogens is 1. The van der Waals surface area contributed by atoms with Gasteiger partial charge in [0.25, 0.3) is 0 Å². The van der Waals surface area contributed by atoms with Gasteiger partial charge in [0, 0.05) is 18.8 Å². The third kappa shape index (κ3) is 6.77. The van der Waals surface area contributed by atoms with E-state index >= 15 is 0 Å². The average molecular weight is 507 g/mol. The fourth-order valence-corrected chi connectivity index (χ4v) is 5.33. The van der Waals surface area contributed by atoms with Crippen LogP contribution >= 0.6 is 0 Å². The molecule has 0 bridgehead atoms. The van der Waals surface area contributed by atoms with Crippen molar-refractivity contribution in [1.29, 1.82) is 0 Å². The molecule has 0 aromatic rings. The Morgan fingerprint density at radius 2 is 1.92 bits per heavy atom. The van der Waals surface area contributed by atoms with Crippen LogP contribution in [0.2, 0.25) is 0 Å². The highest BCUT2D eigenvalue weighted by molar-refractivity contribution is 5.77. The summed E-state index contributed by atoms with van der Waals surface area (Å²) in [6, 6.07) is 0. The summed E-state index contributed by atoms with van der Waals surface area (Å²) in [5, 5.41) is 0. The number of carbonyl (C=O) groups is 3. The first-order chi connectivity index (χ1) is 16.9. The molecule has 2 unspecified atom stereocenters. The topological polar surface area (TPSA) is 78.9 Å². The molecule has 0 radical (unpaired) electrons. The van der Waals surface area contributed by atoms with E-state index in [1.54, 1.807) is 6.08 Å². The van der Waals surface area contributed by atoms with Crippen molar-refractivity contribution in [3.05, 3.63) is 23.8 Å². The van der Waals surface area contributed by atoms with Gasteiger partial charge < -0.3 is 14.2 Å². The van der Waals surface area contributed by atoms with E-state index in [-0.39, 0.29) is 60.5 Å². The Morgan fingerprint density at radius 3 is 2.58 bits per heavy atom. The molecule has 1 aliphatic heterocycles. The van der Waals surface area contributed by atoms with Crippen LogP contribution in [0.1, 0.15) is 86.5 Å². The van der Waals surface area contributed by atoms with Gasteiger partial charge in [0.05, 0.1) is 17.8 Å². The SMILES string of the molecule is CC[C@H](C)C(=O)O[C@H]1C[C@@H](F)C=C2C=C[C@H](C)[C@H](CCC3C[C@@H](OC(=O)C(C)(C)CC)CC(=O)O3)C21. The summed E-state index contributed by atoms with van der Waals surface area (Å²) < 4.78 is 31.7. The van der Waals surface area contributed by atoms with E-state index in [1.807, 2.05) is 40.7 Å². The number of esters is 3. The van der Waals surface area contributed by atoms with Crippen LogP contribution in [0.4, 0.5) is 4.39 Å². The first-order valence-electron chi connectivity index (χ1n) is 13.6. The molecule has 1 saturated heterocycles. The molecule has 3 aliphatic rings. The van der Waals surface area contributed by atoms with Crippen molar-refractivity contribution in [3.63, 3.8) is 0 Å². The van der Waals surface area contributed by atoms with Crippen molar-refractivity contribution >= 4 is 17.9 Å². The first kappa shape index (κ1) is 28.4.